The number of alkyl halides is 3. The van der Waals surface area contributed by atoms with E-state index in [0.29, 0.717) is 11.4 Å². The zero-order valence-electron chi connectivity index (χ0n) is 14.0. The molecule has 2 aromatic carbocycles. The molecule has 8 heteroatoms. The Labute approximate surface area is 164 Å². The zero-order valence-corrected chi connectivity index (χ0v) is 15.5. The molecular weight excluding hydrogens is 400 g/mol. The van der Waals surface area contributed by atoms with E-state index in [2.05, 4.69) is 5.32 Å². The first kappa shape index (κ1) is 18.4. The lowest BCUT2D eigenvalue weighted by Gasteiger charge is -2.36. The van der Waals surface area contributed by atoms with E-state index in [0.717, 1.165) is 36.1 Å². The summed E-state index contributed by atoms with van der Waals surface area (Å²) in [5.41, 5.74) is 1.54. The van der Waals surface area contributed by atoms with E-state index in [1.807, 2.05) is 18.2 Å². The van der Waals surface area contributed by atoms with Crippen LogP contribution < -0.4 is 5.32 Å². The molecule has 2 aromatic rings. The van der Waals surface area contributed by atoms with Crippen molar-refractivity contribution in [1.82, 2.24) is 4.90 Å². The SMILES string of the molecule is O=C(Nc1ccc(C(F)(F)F)c(Cl)c1)N1C2CCC1c1ccc(Cl)cc1C2. The van der Waals surface area contributed by atoms with E-state index in [4.69, 9.17) is 23.2 Å². The maximum Gasteiger partial charge on any atom is 0.417 e. The van der Waals surface area contributed by atoms with E-state index in [9.17, 15) is 18.0 Å². The van der Waals surface area contributed by atoms with Crippen molar-refractivity contribution in [1.29, 1.82) is 0 Å². The number of hydrogen-bond donors (Lipinski definition) is 1. The van der Waals surface area contributed by atoms with Crippen molar-refractivity contribution in [2.24, 2.45) is 0 Å². The smallest absolute Gasteiger partial charge is 0.314 e. The van der Waals surface area contributed by atoms with Gasteiger partial charge >= 0.3 is 12.2 Å². The van der Waals surface area contributed by atoms with Crippen LogP contribution in [0, 0.1) is 0 Å². The van der Waals surface area contributed by atoms with Crippen molar-refractivity contribution in [3.05, 3.63) is 63.1 Å². The summed E-state index contributed by atoms with van der Waals surface area (Å²) < 4.78 is 38.5. The molecule has 3 nitrogen and oxygen atoms in total. The summed E-state index contributed by atoms with van der Waals surface area (Å²) in [5.74, 6) is 0. The summed E-state index contributed by atoms with van der Waals surface area (Å²) in [7, 11) is 0. The molecule has 0 aliphatic carbocycles. The highest BCUT2D eigenvalue weighted by Gasteiger charge is 2.42. The molecule has 0 spiro atoms. The third-order valence-corrected chi connectivity index (χ3v) is 5.73. The molecule has 0 radical (unpaired) electrons. The van der Waals surface area contributed by atoms with Crippen molar-refractivity contribution in [2.45, 2.75) is 37.5 Å². The molecule has 2 heterocycles. The molecule has 2 bridgehead atoms. The fraction of sp³-hybridized carbons (Fsp3) is 0.316. The van der Waals surface area contributed by atoms with Gasteiger partial charge in [-0.05, 0) is 60.7 Å². The van der Waals surface area contributed by atoms with E-state index in [1.54, 1.807) is 4.90 Å². The highest BCUT2D eigenvalue weighted by Crippen LogP contribution is 2.44. The number of amides is 2. The predicted molar refractivity (Wildman–Crippen MR) is 98.2 cm³/mol. The van der Waals surface area contributed by atoms with Crippen LogP contribution in [0.3, 0.4) is 0 Å². The van der Waals surface area contributed by atoms with Gasteiger partial charge in [-0.2, -0.15) is 13.2 Å². The lowest BCUT2D eigenvalue weighted by atomic mass is 9.93. The minimum absolute atomic E-state index is 0.0471. The molecule has 4 rings (SSSR count). The van der Waals surface area contributed by atoms with Crippen LogP contribution in [0.1, 0.15) is 35.6 Å². The van der Waals surface area contributed by atoms with Gasteiger partial charge in [-0.15, -0.1) is 0 Å². The molecular formula is C19H15Cl2F3N2O. The summed E-state index contributed by atoms with van der Waals surface area (Å²) in [5, 5.41) is 2.91. The molecule has 2 unspecified atom stereocenters. The molecule has 2 atom stereocenters. The maximum absolute atomic E-state index is 12.8. The second-order valence-electron chi connectivity index (χ2n) is 6.82. The standard InChI is InChI=1S/C19H15Cl2F3N2O/c20-11-1-4-14-10(7-11)8-13-3-6-17(14)26(13)18(27)25-12-2-5-15(16(21)9-12)19(22,23)24/h1-2,4-5,7,9,13,17H,3,6,8H2,(H,25,27). The van der Waals surface area contributed by atoms with Crippen LogP contribution in [-0.4, -0.2) is 17.0 Å². The molecule has 0 saturated carbocycles. The van der Waals surface area contributed by atoms with Crippen LogP contribution in [-0.2, 0) is 12.6 Å². The van der Waals surface area contributed by atoms with Crippen molar-refractivity contribution >= 4 is 34.9 Å². The van der Waals surface area contributed by atoms with Crippen LogP contribution in [0.4, 0.5) is 23.7 Å². The Morgan fingerprint density at radius 3 is 2.59 bits per heavy atom. The Morgan fingerprint density at radius 1 is 1.11 bits per heavy atom. The van der Waals surface area contributed by atoms with Gasteiger partial charge < -0.3 is 10.2 Å². The van der Waals surface area contributed by atoms with E-state index < -0.39 is 16.8 Å². The van der Waals surface area contributed by atoms with Crippen LogP contribution in [0.25, 0.3) is 0 Å². The Bertz CT molecular complexity index is 916. The lowest BCUT2D eigenvalue weighted by Crippen LogP contribution is -2.44. The van der Waals surface area contributed by atoms with Crippen molar-refractivity contribution in [2.75, 3.05) is 5.32 Å². The molecule has 0 aromatic heterocycles. The average molecular weight is 415 g/mol. The van der Waals surface area contributed by atoms with Crippen LogP contribution in [0.2, 0.25) is 10.0 Å². The van der Waals surface area contributed by atoms with Gasteiger partial charge in [0, 0.05) is 16.8 Å². The molecule has 2 aliphatic rings. The fourth-order valence-corrected chi connectivity index (χ4v) is 4.52. The summed E-state index contributed by atoms with van der Waals surface area (Å²) in [6, 6.07) is 8.57. The first-order valence-electron chi connectivity index (χ1n) is 8.48. The number of halogens is 5. The van der Waals surface area contributed by atoms with Crippen molar-refractivity contribution in [3.8, 4) is 0 Å². The summed E-state index contributed by atoms with van der Waals surface area (Å²) in [6.45, 7) is 0. The van der Waals surface area contributed by atoms with Gasteiger partial charge in [0.25, 0.3) is 0 Å². The van der Waals surface area contributed by atoms with Gasteiger partial charge in [0.15, 0.2) is 0 Å². The first-order chi connectivity index (χ1) is 12.7. The van der Waals surface area contributed by atoms with Gasteiger partial charge in [0.05, 0.1) is 16.6 Å². The van der Waals surface area contributed by atoms with Gasteiger partial charge in [-0.1, -0.05) is 29.3 Å². The molecule has 142 valence electrons. The zero-order chi connectivity index (χ0) is 19.3. The van der Waals surface area contributed by atoms with Gasteiger partial charge in [-0.25, -0.2) is 4.79 Å². The van der Waals surface area contributed by atoms with E-state index >= 15 is 0 Å². The van der Waals surface area contributed by atoms with Gasteiger partial charge in [0.2, 0.25) is 0 Å². The Balaban J connectivity index is 1.56. The van der Waals surface area contributed by atoms with Crippen molar-refractivity contribution < 1.29 is 18.0 Å². The summed E-state index contributed by atoms with van der Waals surface area (Å²) >= 11 is 11.8. The van der Waals surface area contributed by atoms with Crippen molar-refractivity contribution in [3.63, 3.8) is 0 Å². The van der Waals surface area contributed by atoms with E-state index in [1.165, 1.54) is 6.07 Å². The summed E-state index contributed by atoms with van der Waals surface area (Å²) in [6.07, 6.45) is -2.09. The number of nitrogens with zero attached hydrogens (tertiary/aromatic N) is 1. The predicted octanol–water partition coefficient (Wildman–Crippen LogP) is 6.31. The van der Waals surface area contributed by atoms with Crippen LogP contribution >= 0.6 is 23.2 Å². The van der Waals surface area contributed by atoms with Gasteiger partial charge in [0.1, 0.15) is 0 Å². The molecule has 2 aliphatic heterocycles. The Morgan fingerprint density at radius 2 is 1.89 bits per heavy atom. The van der Waals surface area contributed by atoms with Crippen LogP contribution in [0.5, 0.6) is 0 Å². The summed E-state index contributed by atoms with van der Waals surface area (Å²) in [4.78, 5) is 14.6. The monoisotopic (exact) mass is 414 g/mol. The number of urea groups is 1. The topological polar surface area (TPSA) is 32.3 Å². The number of carbonyl (C=O) groups excluding carboxylic acids is 1. The average Bonchev–Trinajstić information content (AvgIpc) is 2.89. The lowest BCUT2D eigenvalue weighted by molar-refractivity contribution is -0.137. The molecule has 27 heavy (non-hydrogen) atoms. The third-order valence-electron chi connectivity index (χ3n) is 5.18. The quantitative estimate of drug-likeness (QED) is 0.582. The second kappa shape index (κ2) is 6.60. The highest BCUT2D eigenvalue weighted by molar-refractivity contribution is 6.31. The Hall–Kier alpha value is -1.92. The molecule has 1 fully saturated rings. The number of anilines is 1. The molecule has 1 saturated heterocycles. The number of hydrogen-bond acceptors (Lipinski definition) is 1. The largest absolute Gasteiger partial charge is 0.417 e. The Kier molecular flexibility index (Phi) is 4.51. The fourth-order valence-electron chi connectivity index (χ4n) is 4.04. The second-order valence-corrected chi connectivity index (χ2v) is 7.67. The highest BCUT2D eigenvalue weighted by atomic mass is 35.5. The first-order valence-corrected chi connectivity index (χ1v) is 9.24. The normalized spacial score (nSPS) is 21.1. The number of rotatable bonds is 1. The number of carbonyl (C=O) groups is 1. The minimum atomic E-state index is -4.53. The number of fused-ring (bicyclic) bond motifs is 4. The maximum atomic E-state index is 12.8. The van der Waals surface area contributed by atoms with Gasteiger partial charge in [-0.3, -0.25) is 0 Å². The number of nitrogens with one attached hydrogen (secondary N) is 1. The third kappa shape index (κ3) is 3.36. The minimum Gasteiger partial charge on any atom is -0.314 e. The molecule has 1 N–H and O–H groups in total. The van der Waals surface area contributed by atoms with E-state index in [-0.39, 0.29) is 23.8 Å². The molecule has 2 amide bonds. The van der Waals surface area contributed by atoms with Crippen LogP contribution in [0.15, 0.2) is 36.4 Å². The number of benzene rings is 2.